The molecule has 1 aliphatic rings. The van der Waals surface area contributed by atoms with Gasteiger partial charge in [0.25, 0.3) is 5.91 Å². The maximum atomic E-state index is 12.8. The Hall–Kier alpha value is -2.36. The lowest BCUT2D eigenvalue weighted by molar-refractivity contribution is 0.0735. The number of anilines is 1. The van der Waals surface area contributed by atoms with Gasteiger partial charge in [-0.25, -0.2) is 0 Å². The van der Waals surface area contributed by atoms with Gasteiger partial charge in [-0.05, 0) is 55.2 Å². The minimum Gasteiger partial charge on any atom is -0.399 e. The maximum Gasteiger partial charge on any atom is 0.254 e. The van der Waals surface area contributed by atoms with E-state index >= 15 is 0 Å². The topological polar surface area (TPSA) is 59.2 Å². The highest BCUT2D eigenvalue weighted by atomic mass is 16.2. The highest BCUT2D eigenvalue weighted by Crippen LogP contribution is 2.32. The third-order valence-electron chi connectivity index (χ3n) is 4.10. The molecule has 1 fully saturated rings. The number of aromatic nitrogens is 1. The van der Waals surface area contributed by atoms with Gasteiger partial charge in [-0.2, -0.15) is 0 Å². The predicted octanol–water partition coefficient (Wildman–Crippen LogP) is 2.95. The summed E-state index contributed by atoms with van der Waals surface area (Å²) in [6.07, 6.45) is 5.63. The molecule has 2 N–H and O–H groups in total. The van der Waals surface area contributed by atoms with E-state index in [0.717, 1.165) is 36.2 Å². The van der Waals surface area contributed by atoms with Crippen molar-refractivity contribution in [3.05, 3.63) is 59.4 Å². The number of nitrogen functional groups attached to an aromatic ring is 1. The summed E-state index contributed by atoms with van der Waals surface area (Å²) < 4.78 is 0. The van der Waals surface area contributed by atoms with Crippen LogP contribution in [-0.4, -0.2) is 22.3 Å². The Morgan fingerprint density at radius 2 is 2.24 bits per heavy atom. The fraction of sp³-hybridized carbons (Fsp3) is 0.294. The van der Waals surface area contributed by atoms with Crippen LogP contribution in [0.1, 0.15) is 40.4 Å². The SMILES string of the molecule is Cc1cc(C(=O)N2CCCC2c2cccnc2)ccc1N. The summed E-state index contributed by atoms with van der Waals surface area (Å²) in [7, 11) is 0. The normalized spacial score (nSPS) is 18.0. The first kappa shape index (κ1) is 13.6. The van der Waals surface area contributed by atoms with Crippen LogP contribution >= 0.6 is 0 Å². The lowest BCUT2D eigenvalue weighted by Crippen LogP contribution is -2.30. The number of amides is 1. The van der Waals surface area contributed by atoms with E-state index in [1.165, 1.54) is 0 Å². The summed E-state index contributed by atoms with van der Waals surface area (Å²) >= 11 is 0. The van der Waals surface area contributed by atoms with E-state index in [1.807, 2.05) is 42.3 Å². The quantitative estimate of drug-likeness (QED) is 0.861. The molecule has 0 saturated carbocycles. The molecule has 4 nitrogen and oxygen atoms in total. The average molecular weight is 281 g/mol. The Morgan fingerprint density at radius 1 is 1.38 bits per heavy atom. The van der Waals surface area contributed by atoms with Gasteiger partial charge in [-0.3, -0.25) is 9.78 Å². The number of benzene rings is 1. The number of aryl methyl sites for hydroxylation is 1. The molecular weight excluding hydrogens is 262 g/mol. The Labute approximate surface area is 124 Å². The van der Waals surface area contributed by atoms with E-state index in [-0.39, 0.29) is 11.9 Å². The van der Waals surface area contributed by atoms with Crippen molar-refractivity contribution in [1.82, 2.24) is 9.88 Å². The molecule has 1 saturated heterocycles. The van der Waals surface area contributed by atoms with Crippen LogP contribution in [0, 0.1) is 6.92 Å². The van der Waals surface area contributed by atoms with Crippen LogP contribution in [0.5, 0.6) is 0 Å². The maximum absolute atomic E-state index is 12.8. The largest absolute Gasteiger partial charge is 0.399 e. The van der Waals surface area contributed by atoms with Gasteiger partial charge < -0.3 is 10.6 Å². The summed E-state index contributed by atoms with van der Waals surface area (Å²) in [5.41, 5.74) is 9.30. The van der Waals surface area contributed by atoms with Crippen LogP contribution < -0.4 is 5.73 Å². The molecule has 3 rings (SSSR count). The third-order valence-corrected chi connectivity index (χ3v) is 4.10. The number of nitrogens with two attached hydrogens (primary N) is 1. The number of hydrogen-bond acceptors (Lipinski definition) is 3. The van der Waals surface area contributed by atoms with Gasteiger partial charge in [0.05, 0.1) is 6.04 Å². The molecule has 0 aliphatic carbocycles. The molecule has 0 spiro atoms. The van der Waals surface area contributed by atoms with Crippen molar-refractivity contribution in [3.63, 3.8) is 0 Å². The van der Waals surface area contributed by atoms with Gasteiger partial charge in [0, 0.05) is 30.2 Å². The van der Waals surface area contributed by atoms with Crippen molar-refractivity contribution >= 4 is 11.6 Å². The lowest BCUT2D eigenvalue weighted by Gasteiger charge is -2.25. The van der Waals surface area contributed by atoms with Gasteiger partial charge in [0.2, 0.25) is 0 Å². The van der Waals surface area contributed by atoms with Gasteiger partial charge >= 0.3 is 0 Å². The molecule has 2 heterocycles. The van der Waals surface area contributed by atoms with E-state index in [2.05, 4.69) is 4.98 Å². The monoisotopic (exact) mass is 281 g/mol. The summed E-state index contributed by atoms with van der Waals surface area (Å²) in [5, 5.41) is 0. The van der Waals surface area contributed by atoms with Crippen LogP contribution in [0.4, 0.5) is 5.69 Å². The minimum atomic E-state index is 0.0736. The van der Waals surface area contributed by atoms with Crippen LogP contribution in [0.2, 0.25) is 0 Å². The first-order valence-corrected chi connectivity index (χ1v) is 7.24. The van der Waals surface area contributed by atoms with Crippen LogP contribution in [0.3, 0.4) is 0 Å². The summed E-state index contributed by atoms with van der Waals surface area (Å²) in [5.74, 6) is 0.0736. The molecule has 1 aliphatic heterocycles. The van der Waals surface area contributed by atoms with Crippen molar-refractivity contribution in [1.29, 1.82) is 0 Å². The Balaban J connectivity index is 1.88. The predicted molar refractivity (Wildman–Crippen MR) is 82.8 cm³/mol. The molecule has 4 heteroatoms. The second-order valence-electron chi connectivity index (χ2n) is 5.51. The van der Waals surface area contributed by atoms with E-state index < -0.39 is 0 Å². The molecule has 1 atom stereocenters. The van der Waals surface area contributed by atoms with Crippen LogP contribution in [-0.2, 0) is 0 Å². The lowest BCUT2D eigenvalue weighted by atomic mass is 10.0. The summed E-state index contributed by atoms with van der Waals surface area (Å²) in [4.78, 5) is 18.9. The molecule has 2 aromatic rings. The van der Waals surface area contributed by atoms with Crippen molar-refractivity contribution in [2.24, 2.45) is 0 Å². The number of likely N-dealkylation sites (tertiary alicyclic amines) is 1. The van der Waals surface area contributed by atoms with Crippen molar-refractivity contribution in [3.8, 4) is 0 Å². The van der Waals surface area contributed by atoms with Gasteiger partial charge in [0.1, 0.15) is 0 Å². The van der Waals surface area contributed by atoms with E-state index in [4.69, 9.17) is 5.73 Å². The molecule has 21 heavy (non-hydrogen) atoms. The van der Waals surface area contributed by atoms with Crippen molar-refractivity contribution in [2.75, 3.05) is 12.3 Å². The first-order valence-electron chi connectivity index (χ1n) is 7.24. The van der Waals surface area contributed by atoms with Gasteiger partial charge in [0.15, 0.2) is 0 Å². The molecule has 108 valence electrons. The number of rotatable bonds is 2. The number of nitrogens with zero attached hydrogens (tertiary/aromatic N) is 2. The van der Waals surface area contributed by atoms with Gasteiger partial charge in [-0.1, -0.05) is 6.07 Å². The Morgan fingerprint density at radius 3 is 2.95 bits per heavy atom. The zero-order valence-corrected chi connectivity index (χ0v) is 12.1. The van der Waals surface area contributed by atoms with E-state index in [0.29, 0.717) is 5.56 Å². The fourth-order valence-electron chi connectivity index (χ4n) is 2.90. The summed E-state index contributed by atoms with van der Waals surface area (Å²) in [6, 6.07) is 9.57. The molecule has 1 aromatic carbocycles. The zero-order valence-electron chi connectivity index (χ0n) is 12.1. The third kappa shape index (κ3) is 2.61. The van der Waals surface area contributed by atoms with E-state index in [9.17, 15) is 4.79 Å². The van der Waals surface area contributed by atoms with Crippen LogP contribution in [0.25, 0.3) is 0 Å². The number of pyridine rings is 1. The van der Waals surface area contributed by atoms with Gasteiger partial charge in [-0.15, -0.1) is 0 Å². The first-order chi connectivity index (χ1) is 10.2. The average Bonchev–Trinajstić information content (AvgIpc) is 2.99. The standard InChI is InChI=1S/C17H19N3O/c1-12-10-13(6-7-15(12)18)17(21)20-9-3-5-16(20)14-4-2-8-19-11-14/h2,4,6-8,10-11,16H,3,5,9,18H2,1H3. The molecular formula is C17H19N3O. The highest BCUT2D eigenvalue weighted by Gasteiger charge is 2.30. The summed E-state index contributed by atoms with van der Waals surface area (Å²) in [6.45, 7) is 2.72. The molecule has 1 aromatic heterocycles. The Bertz CT molecular complexity index is 654. The van der Waals surface area contributed by atoms with Crippen LogP contribution in [0.15, 0.2) is 42.7 Å². The number of carbonyl (C=O) groups is 1. The highest BCUT2D eigenvalue weighted by molar-refractivity contribution is 5.95. The fourth-order valence-corrected chi connectivity index (χ4v) is 2.90. The van der Waals surface area contributed by atoms with E-state index in [1.54, 1.807) is 12.3 Å². The second-order valence-corrected chi connectivity index (χ2v) is 5.51. The molecule has 1 amide bonds. The number of hydrogen-bond donors (Lipinski definition) is 1. The smallest absolute Gasteiger partial charge is 0.254 e. The zero-order chi connectivity index (χ0) is 14.8. The minimum absolute atomic E-state index is 0.0736. The molecule has 1 unspecified atom stereocenters. The molecule has 0 bridgehead atoms. The number of carbonyl (C=O) groups excluding carboxylic acids is 1. The Kier molecular flexibility index (Phi) is 3.60. The second kappa shape index (κ2) is 5.56. The molecule has 0 radical (unpaired) electrons. The van der Waals surface area contributed by atoms with Crippen molar-refractivity contribution in [2.45, 2.75) is 25.8 Å². The van der Waals surface area contributed by atoms with Crippen molar-refractivity contribution < 1.29 is 4.79 Å².